The van der Waals surface area contributed by atoms with Crippen LogP contribution in [0.5, 0.6) is 0 Å². The number of amides is 2. The molecule has 0 saturated carbocycles. The number of carboxylic acids is 1. The zero-order valence-corrected chi connectivity index (χ0v) is 16.2. The molecule has 1 heterocycles. The molecule has 0 radical (unpaired) electrons. The Hall–Kier alpha value is -2.12. The van der Waals surface area contributed by atoms with Crippen LogP contribution in [-0.2, 0) is 14.3 Å². The fraction of sp³-hybridized carbons (Fsp3) is 0.526. The molecule has 1 aromatic rings. The van der Waals surface area contributed by atoms with Crippen molar-refractivity contribution in [1.82, 2.24) is 10.6 Å². The Morgan fingerprint density at radius 2 is 1.85 bits per heavy atom. The van der Waals surface area contributed by atoms with Crippen LogP contribution >= 0.6 is 11.6 Å². The minimum Gasteiger partial charge on any atom is -0.481 e. The average molecular weight is 397 g/mol. The molecule has 1 aromatic carbocycles. The molecule has 7 nitrogen and oxygen atoms in total. The third-order valence-electron chi connectivity index (χ3n) is 4.86. The molecule has 2 rings (SSSR count). The van der Waals surface area contributed by atoms with E-state index in [1.165, 1.54) is 0 Å². The van der Waals surface area contributed by atoms with Crippen LogP contribution in [0.25, 0.3) is 0 Å². The maximum absolute atomic E-state index is 12.7. The van der Waals surface area contributed by atoms with E-state index in [1.54, 1.807) is 38.1 Å². The summed E-state index contributed by atoms with van der Waals surface area (Å²) < 4.78 is 5.23. The molecule has 1 aliphatic heterocycles. The lowest BCUT2D eigenvalue weighted by molar-refractivity contribution is -0.154. The van der Waals surface area contributed by atoms with Gasteiger partial charge in [-0.3, -0.25) is 14.4 Å². The topological polar surface area (TPSA) is 105 Å². The number of hydrogen-bond donors (Lipinski definition) is 3. The van der Waals surface area contributed by atoms with Gasteiger partial charge in [-0.25, -0.2) is 0 Å². The van der Waals surface area contributed by atoms with E-state index >= 15 is 0 Å². The smallest absolute Gasteiger partial charge is 0.311 e. The first-order chi connectivity index (χ1) is 12.8. The van der Waals surface area contributed by atoms with Crippen LogP contribution in [0.15, 0.2) is 24.3 Å². The second-order valence-corrected chi connectivity index (χ2v) is 7.50. The van der Waals surface area contributed by atoms with Crippen molar-refractivity contribution in [2.45, 2.75) is 32.7 Å². The Bertz CT molecular complexity index is 701. The van der Waals surface area contributed by atoms with Crippen molar-refractivity contribution in [3.05, 3.63) is 34.9 Å². The molecule has 148 valence electrons. The summed E-state index contributed by atoms with van der Waals surface area (Å²) in [7, 11) is 0. The zero-order valence-electron chi connectivity index (χ0n) is 15.5. The first kappa shape index (κ1) is 21.2. The van der Waals surface area contributed by atoms with Gasteiger partial charge in [-0.15, -0.1) is 0 Å². The number of rotatable bonds is 7. The Morgan fingerprint density at radius 1 is 1.22 bits per heavy atom. The van der Waals surface area contributed by atoms with Crippen molar-refractivity contribution in [1.29, 1.82) is 0 Å². The molecule has 27 heavy (non-hydrogen) atoms. The monoisotopic (exact) mass is 396 g/mol. The molecular weight excluding hydrogens is 372 g/mol. The van der Waals surface area contributed by atoms with Gasteiger partial charge in [0.25, 0.3) is 5.91 Å². The van der Waals surface area contributed by atoms with Crippen LogP contribution in [0.2, 0.25) is 5.02 Å². The molecule has 8 heteroatoms. The number of hydrogen-bond acceptors (Lipinski definition) is 4. The molecule has 1 unspecified atom stereocenters. The van der Waals surface area contributed by atoms with Crippen LogP contribution in [0.3, 0.4) is 0 Å². The molecular formula is C19H25ClN2O5. The van der Waals surface area contributed by atoms with Crippen molar-refractivity contribution in [2.24, 2.45) is 11.3 Å². The summed E-state index contributed by atoms with van der Waals surface area (Å²) in [4.78, 5) is 36.8. The normalized spacial score (nSPS) is 17.2. The largest absolute Gasteiger partial charge is 0.481 e. The highest BCUT2D eigenvalue weighted by Gasteiger charge is 2.41. The summed E-state index contributed by atoms with van der Waals surface area (Å²) in [5.74, 6) is -2.01. The van der Waals surface area contributed by atoms with Crippen LogP contribution in [0.4, 0.5) is 0 Å². The summed E-state index contributed by atoms with van der Waals surface area (Å²) in [5, 5.41) is 15.3. The first-order valence-corrected chi connectivity index (χ1v) is 9.29. The summed E-state index contributed by atoms with van der Waals surface area (Å²) in [6, 6.07) is 5.77. The third kappa shape index (κ3) is 5.20. The number of carbonyl (C=O) groups is 3. The van der Waals surface area contributed by atoms with Crippen LogP contribution < -0.4 is 10.6 Å². The van der Waals surface area contributed by atoms with Crippen LogP contribution in [0.1, 0.15) is 37.0 Å². The summed E-state index contributed by atoms with van der Waals surface area (Å²) in [5.41, 5.74) is -0.758. The fourth-order valence-corrected chi connectivity index (χ4v) is 3.22. The first-order valence-electron chi connectivity index (χ1n) is 8.91. The van der Waals surface area contributed by atoms with Gasteiger partial charge in [-0.1, -0.05) is 37.6 Å². The molecule has 1 fully saturated rings. The highest BCUT2D eigenvalue weighted by molar-refractivity contribution is 6.33. The highest BCUT2D eigenvalue weighted by Crippen LogP contribution is 2.30. The Kier molecular flexibility index (Phi) is 7.21. The summed E-state index contributed by atoms with van der Waals surface area (Å²) in [6.07, 6.45) is 0.669. The van der Waals surface area contributed by atoms with Crippen LogP contribution in [-0.4, -0.2) is 48.7 Å². The Balaban J connectivity index is 2.05. The van der Waals surface area contributed by atoms with E-state index in [9.17, 15) is 19.5 Å². The molecule has 2 amide bonds. The highest BCUT2D eigenvalue weighted by atomic mass is 35.5. The Labute approximate surface area is 163 Å². The number of ether oxygens (including phenoxy) is 1. The molecule has 1 aliphatic rings. The van der Waals surface area contributed by atoms with Crippen molar-refractivity contribution < 1.29 is 24.2 Å². The Morgan fingerprint density at radius 3 is 2.41 bits per heavy atom. The minimum atomic E-state index is -1.04. The number of carboxylic acid groups (broad SMARTS) is 1. The minimum absolute atomic E-state index is 0.00426. The summed E-state index contributed by atoms with van der Waals surface area (Å²) >= 11 is 6.04. The van der Waals surface area contributed by atoms with Gasteiger partial charge in [0.1, 0.15) is 6.04 Å². The molecule has 0 spiro atoms. The number of benzene rings is 1. The van der Waals surface area contributed by atoms with E-state index in [2.05, 4.69) is 10.6 Å². The van der Waals surface area contributed by atoms with E-state index < -0.39 is 29.2 Å². The van der Waals surface area contributed by atoms with E-state index in [0.29, 0.717) is 31.1 Å². The van der Waals surface area contributed by atoms with Gasteiger partial charge in [-0.2, -0.15) is 0 Å². The van der Waals surface area contributed by atoms with Gasteiger partial charge >= 0.3 is 5.97 Å². The van der Waals surface area contributed by atoms with Gasteiger partial charge in [0.2, 0.25) is 5.91 Å². The zero-order chi connectivity index (χ0) is 20.0. The summed E-state index contributed by atoms with van der Waals surface area (Å²) in [6.45, 7) is 4.30. The number of aliphatic carboxylic acids is 1. The van der Waals surface area contributed by atoms with Gasteiger partial charge in [-0.05, 0) is 30.9 Å². The van der Waals surface area contributed by atoms with E-state index in [1.807, 2.05) is 0 Å². The quantitative estimate of drug-likeness (QED) is 0.654. The molecule has 1 saturated heterocycles. The number of nitrogens with one attached hydrogen (secondary N) is 2. The maximum atomic E-state index is 12.7. The predicted molar refractivity (Wildman–Crippen MR) is 101 cm³/mol. The molecule has 0 aliphatic carbocycles. The lowest BCUT2D eigenvalue weighted by atomic mass is 9.80. The van der Waals surface area contributed by atoms with Crippen molar-refractivity contribution in [3.8, 4) is 0 Å². The second-order valence-electron chi connectivity index (χ2n) is 7.09. The average Bonchev–Trinajstić information content (AvgIpc) is 2.64. The molecule has 0 aromatic heterocycles. The van der Waals surface area contributed by atoms with Gasteiger partial charge in [0.05, 0.1) is 16.0 Å². The lowest BCUT2D eigenvalue weighted by Gasteiger charge is -2.34. The maximum Gasteiger partial charge on any atom is 0.311 e. The second kappa shape index (κ2) is 9.19. The number of carbonyl (C=O) groups excluding carboxylic acids is 2. The van der Waals surface area contributed by atoms with Crippen LogP contribution in [0, 0.1) is 11.3 Å². The predicted octanol–water partition coefficient (Wildman–Crippen LogP) is 2.09. The molecule has 3 N–H and O–H groups in total. The molecule has 1 atom stereocenters. The third-order valence-corrected chi connectivity index (χ3v) is 5.19. The fourth-order valence-electron chi connectivity index (χ4n) is 2.99. The van der Waals surface area contributed by atoms with Crippen molar-refractivity contribution in [2.75, 3.05) is 19.8 Å². The van der Waals surface area contributed by atoms with E-state index in [4.69, 9.17) is 16.3 Å². The standard InChI is InChI=1S/C19H25ClN2O5/c1-12(2)15(22-16(23)13-5-3-4-6-14(13)20)17(24)21-11-19(18(25)26)7-9-27-10-8-19/h3-6,12,15H,7-11H2,1-2H3,(H,21,24)(H,22,23)(H,25,26). The van der Waals surface area contributed by atoms with Gasteiger partial charge in [0.15, 0.2) is 0 Å². The number of halogens is 1. The SMILES string of the molecule is CC(C)C(NC(=O)c1ccccc1Cl)C(=O)NCC1(C(=O)O)CCOCC1. The van der Waals surface area contributed by atoms with E-state index in [0.717, 1.165) is 0 Å². The van der Waals surface area contributed by atoms with E-state index in [-0.39, 0.29) is 18.0 Å². The van der Waals surface area contributed by atoms with Crippen molar-refractivity contribution >= 4 is 29.4 Å². The van der Waals surface area contributed by atoms with Gasteiger partial charge < -0.3 is 20.5 Å². The van der Waals surface area contributed by atoms with Gasteiger partial charge in [0, 0.05) is 19.8 Å². The molecule has 0 bridgehead atoms. The van der Waals surface area contributed by atoms with Crippen molar-refractivity contribution in [3.63, 3.8) is 0 Å². The lowest BCUT2D eigenvalue weighted by Crippen LogP contribution is -2.53.